The van der Waals surface area contributed by atoms with Crippen molar-refractivity contribution in [2.75, 3.05) is 26.2 Å². The summed E-state index contributed by atoms with van der Waals surface area (Å²) in [4.78, 5) is 2.43. The van der Waals surface area contributed by atoms with Gasteiger partial charge in [0.2, 0.25) is 10.0 Å². The molecule has 1 fully saturated rings. The maximum atomic E-state index is 13.0. The Hall–Kier alpha value is -1.76. The first-order valence-corrected chi connectivity index (χ1v) is 9.47. The van der Waals surface area contributed by atoms with Crippen molar-refractivity contribution in [3.63, 3.8) is 0 Å². The molecule has 0 aliphatic carbocycles. The highest BCUT2D eigenvalue weighted by Gasteiger charge is 2.30. The summed E-state index contributed by atoms with van der Waals surface area (Å²) in [6.07, 6.45) is 0. The van der Waals surface area contributed by atoms with Crippen molar-refractivity contribution >= 4 is 10.0 Å². The normalized spacial score (nSPS) is 18.4. The van der Waals surface area contributed by atoms with Crippen LogP contribution in [0.5, 0.6) is 0 Å². The number of sulfonamides is 1. The molecule has 2 aromatic carbocycles. The first kappa shape index (κ1) is 17.1. The van der Waals surface area contributed by atoms with E-state index in [0.717, 1.165) is 0 Å². The van der Waals surface area contributed by atoms with Gasteiger partial charge in [0.1, 0.15) is 5.82 Å². The average molecular weight is 348 g/mol. The van der Waals surface area contributed by atoms with Crippen LogP contribution in [0.2, 0.25) is 0 Å². The highest BCUT2D eigenvalue weighted by atomic mass is 32.2. The molecule has 0 bridgehead atoms. The number of rotatable bonds is 4. The number of hydrogen-bond donors (Lipinski definition) is 0. The Kier molecular flexibility index (Phi) is 4.99. The van der Waals surface area contributed by atoms with Crippen LogP contribution in [0.1, 0.15) is 18.5 Å². The van der Waals surface area contributed by atoms with Gasteiger partial charge in [-0.3, -0.25) is 4.90 Å². The molecule has 1 atom stereocenters. The van der Waals surface area contributed by atoms with E-state index in [4.69, 9.17) is 0 Å². The van der Waals surface area contributed by atoms with Gasteiger partial charge in [-0.1, -0.05) is 30.3 Å². The van der Waals surface area contributed by atoms with Crippen molar-refractivity contribution in [3.05, 3.63) is 66.0 Å². The van der Waals surface area contributed by atoms with E-state index in [1.165, 1.54) is 34.1 Å². The van der Waals surface area contributed by atoms with Gasteiger partial charge in [0, 0.05) is 32.2 Å². The Labute approximate surface area is 142 Å². The van der Waals surface area contributed by atoms with Gasteiger partial charge in [0.05, 0.1) is 4.90 Å². The summed E-state index contributed by atoms with van der Waals surface area (Å²) >= 11 is 0. The van der Waals surface area contributed by atoms with E-state index in [9.17, 15) is 12.8 Å². The van der Waals surface area contributed by atoms with E-state index < -0.39 is 15.8 Å². The molecule has 0 aromatic heterocycles. The molecule has 1 aliphatic rings. The predicted octanol–water partition coefficient (Wildman–Crippen LogP) is 2.89. The van der Waals surface area contributed by atoms with E-state index in [0.29, 0.717) is 26.2 Å². The van der Waals surface area contributed by atoms with Gasteiger partial charge in [-0.2, -0.15) is 4.31 Å². The summed E-state index contributed by atoms with van der Waals surface area (Å²) in [5.41, 5.74) is 1.23. The standard InChI is InChI=1S/C18H21FN2O2S/c1-15(16-5-3-2-4-6-16)20-11-13-21(14-12-20)24(22,23)18-9-7-17(19)8-10-18/h2-10,15H,11-14H2,1H3. The van der Waals surface area contributed by atoms with Crippen LogP contribution in [-0.4, -0.2) is 43.8 Å². The Balaban J connectivity index is 1.67. The SMILES string of the molecule is CC(c1ccccc1)N1CCN(S(=O)(=O)c2ccc(F)cc2)CC1. The molecular formula is C18H21FN2O2S. The van der Waals surface area contributed by atoms with Crippen LogP contribution >= 0.6 is 0 Å². The Morgan fingerprint density at radius 1 is 0.917 bits per heavy atom. The van der Waals surface area contributed by atoms with Gasteiger partial charge in [-0.15, -0.1) is 0 Å². The molecule has 128 valence electrons. The minimum absolute atomic E-state index is 0.147. The third-order valence-corrected chi connectivity index (χ3v) is 6.47. The first-order valence-electron chi connectivity index (χ1n) is 8.03. The van der Waals surface area contributed by atoms with Crippen LogP contribution in [0.3, 0.4) is 0 Å². The topological polar surface area (TPSA) is 40.6 Å². The third-order valence-electron chi connectivity index (χ3n) is 4.55. The predicted molar refractivity (Wildman–Crippen MR) is 91.6 cm³/mol. The molecule has 0 radical (unpaired) electrons. The maximum absolute atomic E-state index is 13.0. The number of nitrogens with zero attached hydrogens (tertiary/aromatic N) is 2. The lowest BCUT2D eigenvalue weighted by Crippen LogP contribution is -2.49. The molecule has 0 N–H and O–H groups in total. The first-order chi connectivity index (χ1) is 11.5. The molecule has 3 rings (SSSR count). The number of benzene rings is 2. The summed E-state index contributed by atoms with van der Waals surface area (Å²) in [7, 11) is -3.55. The molecule has 1 saturated heterocycles. The molecule has 0 saturated carbocycles. The molecule has 4 nitrogen and oxygen atoms in total. The second-order valence-corrected chi connectivity index (χ2v) is 7.92. The van der Waals surface area contributed by atoms with Crippen LogP contribution < -0.4 is 0 Å². The molecule has 0 spiro atoms. The third kappa shape index (κ3) is 3.50. The minimum Gasteiger partial charge on any atom is -0.294 e. The zero-order valence-electron chi connectivity index (χ0n) is 13.6. The fourth-order valence-corrected chi connectivity index (χ4v) is 4.45. The van der Waals surface area contributed by atoms with Gasteiger partial charge in [0.15, 0.2) is 0 Å². The number of hydrogen-bond acceptors (Lipinski definition) is 3. The molecule has 2 aromatic rings. The average Bonchev–Trinajstić information content (AvgIpc) is 2.62. The smallest absolute Gasteiger partial charge is 0.243 e. The largest absolute Gasteiger partial charge is 0.294 e. The van der Waals surface area contributed by atoms with Crippen LogP contribution in [0, 0.1) is 5.82 Å². The number of piperazine rings is 1. The lowest BCUT2D eigenvalue weighted by Gasteiger charge is -2.37. The fraction of sp³-hybridized carbons (Fsp3) is 0.333. The zero-order valence-corrected chi connectivity index (χ0v) is 14.4. The molecule has 24 heavy (non-hydrogen) atoms. The lowest BCUT2D eigenvalue weighted by molar-refractivity contribution is 0.146. The maximum Gasteiger partial charge on any atom is 0.243 e. The lowest BCUT2D eigenvalue weighted by atomic mass is 10.1. The minimum atomic E-state index is -3.55. The summed E-state index contributed by atoms with van der Waals surface area (Å²) in [6.45, 7) is 4.38. The summed E-state index contributed by atoms with van der Waals surface area (Å²) in [5, 5.41) is 0. The van der Waals surface area contributed by atoms with Gasteiger partial charge in [-0.05, 0) is 36.8 Å². The zero-order chi connectivity index (χ0) is 17.2. The Bertz CT molecular complexity index is 770. The Morgan fingerprint density at radius 2 is 1.50 bits per heavy atom. The van der Waals surface area contributed by atoms with E-state index in [1.54, 1.807) is 0 Å². The van der Waals surface area contributed by atoms with Gasteiger partial charge < -0.3 is 0 Å². The molecule has 0 amide bonds. The molecule has 6 heteroatoms. The van der Waals surface area contributed by atoms with Gasteiger partial charge >= 0.3 is 0 Å². The van der Waals surface area contributed by atoms with Crippen molar-refractivity contribution in [3.8, 4) is 0 Å². The van der Waals surface area contributed by atoms with Crippen LogP contribution in [-0.2, 0) is 10.0 Å². The highest BCUT2D eigenvalue weighted by Crippen LogP contribution is 2.24. The fourth-order valence-electron chi connectivity index (χ4n) is 3.03. The van der Waals surface area contributed by atoms with Gasteiger partial charge in [-0.25, -0.2) is 12.8 Å². The van der Waals surface area contributed by atoms with Crippen LogP contribution in [0.4, 0.5) is 4.39 Å². The van der Waals surface area contributed by atoms with Crippen LogP contribution in [0.15, 0.2) is 59.5 Å². The molecule has 1 unspecified atom stereocenters. The number of halogens is 1. The second-order valence-electron chi connectivity index (χ2n) is 5.98. The van der Waals surface area contributed by atoms with E-state index in [1.807, 2.05) is 18.2 Å². The van der Waals surface area contributed by atoms with E-state index >= 15 is 0 Å². The van der Waals surface area contributed by atoms with Crippen molar-refractivity contribution in [2.45, 2.75) is 17.9 Å². The van der Waals surface area contributed by atoms with Crippen molar-refractivity contribution in [2.24, 2.45) is 0 Å². The molecule has 1 heterocycles. The van der Waals surface area contributed by atoms with Crippen LogP contribution in [0.25, 0.3) is 0 Å². The van der Waals surface area contributed by atoms with E-state index in [-0.39, 0.29) is 10.9 Å². The summed E-state index contributed by atoms with van der Waals surface area (Å²) < 4.78 is 39.7. The van der Waals surface area contributed by atoms with Crippen molar-refractivity contribution in [1.29, 1.82) is 0 Å². The Morgan fingerprint density at radius 3 is 2.08 bits per heavy atom. The monoisotopic (exact) mass is 348 g/mol. The quantitative estimate of drug-likeness (QED) is 0.853. The van der Waals surface area contributed by atoms with Crippen molar-refractivity contribution in [1.82, 2.24) is 9.21 Å². The summed E-state index contributed by atoms with van der Waals surface area (Å²) in [5.74, 6) is -0.435. The molecule has 1 aliphatic heterocycles. The van der Waals surface area contributed by atoms with Crippen molar-refractivity contribution < 1.29 is 12.8 Å². The van der Waals surface area contributed by atoms with E-state index in [2.05, 4.69) is 24.0 Å². The summed E-state index contributed by atoms with van der Waals surface area (Å²) in [6, 6.07) is 15.5. The molecular weight excluding hydrogens is 327 g/mol. The van der Waals surface area contributed by atoms with Gasteiger partial charge in [0.25, 0.3) is 0 Å². The second kappa shape index (κ2) is 7.01. The highest BCUT2D eigenvalue weighted by molar-refractivity contribution is 7.89.